The van der Waals surface area contributed by atoms with Crippen molar-refractivity contribution >= 4 is 12.2 Å². The number of hydrogen-bond donors (Lipinski definition) is 1. The molecule has 1 amide bonds. The Morgan fingerprint density at radius 2 is 1.74 bits per heavy atom. The molecule has 1 unspecified atom stereocenters. The maximum absolute atomic E-state index is 12.6. The summed E-state index contributed by atoms with van der Waals surface area (Å²) in [6.07, 6.45) is 12.8. The van der Waals surface area contributed by atoms with Gasteiger partial charge in [0.25, 0.3) is 0 Å². The summed E-state index contributed by atoms with van der Waals surface area (Å²) in [5.74, 6) is 0.651. The second-order valence-corrected chi connectivity index (χ2v) is 10.5. The molecule has 1 atom stereocenters. The van der Waals surface area contributed by atoms with Crippen molar-refractivity contribution in [3.05, 3.63) is 77.9 Å². The lowest BCUT2D eigenvalue weighted by Gasteiger charge is -2.22. The summed E-state index contributed by atoms with van der Waals surface area (Å²) in [5.41, 5.74) is -0.0270. The molecule has 264 valence electrons. The van der Waals surface area contributed by atoms with Crippen molar-refractivity contribution in [2.24, 2.45) is 0 Å². The summed E-state index contributed by atoms with van der Waals surface area (Å²) < 4.78 is 43.5. The maximum Gasteiger partial charge on any atom is 0.435 e. The molecular weight excluding hydrogens is 607 g/mol. The Morgan fingerprint density at radius 3 is 2.26 bits per heavy atom. The lowest BCUT2D eigenvalue weighted by atomic mass is 10.1. The number of allylic oxidation sites excluding steroid dienone is 4. The number of halogens is 3. The Hall–Kier alpha value is -3.86. The third kappa shape index (κ3) is 16.5. The number of benzene rings is 1. The van der Waals surface area contributed by atoms with Gasteiger partial charge in [0.05, 0.1) is 19.3 Å². The minimum absolute atomic E-state index is 0.0959. The van der Waals surface area contributed by atoms with E-state index >= 15 is 0 Å². The van der Waals surface area contributed by atoms with Gasteiger partial charge in [-0.1, -0.05) is 60.0 Å². The topological polar surface area (TPSA) is 79.7 Å². The summed E-state index contributed by atoms with van der Waals surface area (Å²) in [6, 6.07) is 7.29. The van der Waals surface area contributed by atoms with Crippen LogP contribution in [-0.2, 0) is 11.0 Å². The first-order chi connectivity index (χ1) is 22.4. The van der Waals surface area contributed by atoms with Crippen LogP contribution in [0.15, 0.2) is 66.5 Å². The fraction of sp³-hybridized carbons (Fsp3) is 0.528. The van der Waals surface area contributed by atoms with Gasteiger partial charge in [-0.2, -0.15) is 18.3 Å². The van der Waals surface area contributed by atoms with Crippen LogP contribution in [0.1, 0.15) is 96.2 Å². The lowest BCUT2D eigenvalue weighted by molar-refractivity contribution is -0.141. The van der Waals surface area contributed by atoms with Gasteiger partial charge in [0.2, 0.25) is 5.91 Å². The molecule has 0 bridgehead atoms. The average molecular weight is 664 g/mol. The number of aldehydes is 1. The Morgan fingerprint density at radius 1 is 1.09 bits per heavy atom. The molecule has 1 N–H and O–H groups in total. The summed E-state index contributed by atoms with van der Waals surface area (Å²) in [4.78, 5) is 27.3. The quantitative estimate of drug-likeness (QED) is 0.104. The minimum Gasteiger partial charge on any atom is -0.497 e. The smallest absolute Gasteiger partial charge is 0.435 e. The molecule has 0 spiro atoms. The highest BCUT2D eigenvalue weighted by atomic mass is 19.4. The van der Waals surface area contributed by atoms with Crippen LogP contribution in [0.4, 0.5) is 13.2 Å². The number of nitrogens with zero attached hydrogens (tertiary/aromatic N) is 4. The van der Waals surface area contributed by atoms with Crippen LogP contribution in [0, 0.1) is 0 Å². The van der Waals surface area contributed by atoms with E-state index in [-0.39, 0.29) is 11.6 Å². The number of carbonyl (C=O) groups is 2. The van der Waals surface area contributed by atoms with E-state index in [2.05, 4.69) is 43.1 Å². The SMILES string of the molecule is CC.COc1ccc(-n2nc(C(F)(F)F)cc2C=O)cc1.C\C=C/C(=C\C=C\N(C)CCC)N(C)C(=O)CNC(CC)CCCCC. The average Bonchev–Trinajstić information content (AvgIpc) is 3.52. The van der Waals surface area contributed by atoms with Gasteiger partial charge in [-0.3, -0.25) is 9.59 Å². The molecule has 8 nitrogen and oxygen atoms in total. The molecule has 11 heteroatoms. The first-order valence-corrected chi connectivity index (χ1v) is 16.4. The molecule has 1 aromatic carbocycles. The normalized spacial score (nSPS) is 12.2. The molecule has 0 aliphatic carbocycles. The zero-order valence-corrected chi connectivity index (χ0v) is 29.7. The van der Waals surface area contributed by atoms with Gasteiger partial charge in [-0.15, -0.1) is 0 Å². The first-order valence-electron chi connectivity index (χ1n) is 16.4. The molecule has 1 aromatic heterocycles. The number of unbranched alkanes of at least 4 members (excludes halogenated alkanes) is 2. The fourth-order valence-corrected chi connectivity index (χ4v) is 4.30. The van der Waals surface area contributed by atoms with E-state index in [1.807, 2.05) is 58.3 Å². The van der Waals surface area contributed by atoms with Crippen LogP contribution < -0.4 is 10.1 Å². The van der Waals surface area contributed by atoms with Gasteiger partial charge in [-0.25, -0.2) is 4.68 Å². The van der Waals surface area contributed by atoms with Crippen LogP contribution in [0.3, 0.4) is 0 Å². The van der Waals surface area contributed by atoms with Gasteiger partial charge in [0.15, 0.2) is 12.0 Å². The van der Waals surface area contributed by atoms with E-state index < -0.39 is 11.9 Å². The molecule has 0 radical (unpaired) electrons. The van der Waals surface area contributed by atoms with Crippen molar-refractivity contribution < 1.29 is 27.5 Å². The second kappa shape index (κ2) is 24.3. The zero-order chi connectivity index (χ0) is 35.8. The van der Waals surface area contributed by atoms with Gasteiger partial charge in [-0.05, 0) is 80.9 Å². The summed E-state index contributed by atoms with van der Waals surface area (Å²) in [7, 11) is 5.38. The monoisotopic (exact) mass is 663 g/mol. The molecule has 2 rings (SSSR count). The number of rotatable bonds is 17. The number of hydrogen-bond acceptors (Lipinski definition) is 6. The van der Waals surface area contributed by atoms with Crippen molar-refractivity contribution in [2.45, 2.75) is 92.3 Å². The number of alkyl halides is 3. The summed E-state index contributed by atoms with van der Waals surface area (Å²) >= 11 is 0. The predicted octanol–water partition coefficient (Wildman–Crippen LogP) is 8.45. The van der Waals surface area contributed by atoms with E-state index in [0.717, 1.165) is 36.2 Å². The van der Waals surface area contributed by atoms with Crippen LogP contribution in [-0.4, -0.2) is 72.1 Å². The third-order valence-corrected chi connectivity index (χ3v) is 6.94. The second-order valence-electron chi connectivity index (χ2n) is 10.5. The molecule has 0 aliphatic rings. The summed E-state index contributed by atoms with van der Waals surface area (Å²) in [6.45, 7) is 13.9. The highest BCUT2D eigenvalue weighted by molar-refractivity contribution is 5.80. The van der Waals surface area contributed by atoms with Gasteiger partial charge in [0, 0.05) is 32.4 Å². The maximum atomic E-state index is 12.6. The van der Waals surface area contributed by atoms with Crippen molar-refractivity contribution in [3.8, 4) is 11.4 Å². The Bertz CT molecular complexity index is 1240. The van der Waals surface area contributed by atoms with Crippen LogP contribution in [0.2, 0.25) is 0 Å². The Kier molecular flexibility index (Phi) is 22.3. The number of likely N-dealkylation sites (N-methyl/N-ethyl adjacent to an activating group) is 1. The third-order valence-electron chi connectivity index (χ3n) is 6.94. The highest BCUT2D eigenvalue weighted by Crippen LogP contribution is 2.29. The first kappa shape index (κ1) is 43.1. The number of carbonyl (C=O) groups excluding carboxylic acids is 2. The van der Waals surface area contributed by atoms with E-state index in [4.69, 9.17) is 4.74 Å². The molecular formula is C36H56F3N5O3. The number of methoxy groups -OCH3 is 1. The van der Waals surface area contributed by atoms with Crippen molar-refractivity contribution in [2.75, 3.05) is 34.3 Å². The zero-order valence-electron chi connectivity index (χ0n) is 29.7. The molecule has 0 fully saturated rings. The summed E-state index contributed by atoms with van der Waals surface area (Å²) in [5, 5.41) is 6.83. The Balaban J connectivity index is 0.000000886. The van der Waals surface area contributed by atoms with E-state index in [0.29, 0.717) is 36.4 Å². The number of nitrogens with one attached hydrogen (secondary N) is 1. The standard InChI is InChI=1S/C22H41N3O.C12H9F3N2O2.C2H6/c1-7-11-12-15-20(10-4)23-19-22(26)25(6)21(14-8-2)16-13-18-24(5)17-9-3;1-19-10-4-2-8(3-5-10)17-9(7-18)6-11(16-17)12(13,14)15;1-2/h8,13-14,16,18,20,23H,7,9-12,15,17,19H2,1-6H3;2-7H,1H3;1-2H3/b14-8-,18-13+,21-16+;;. The number of amides is 1. The number of ether oxygens (including phenoxy) is 1. The molecule has 2 aromatic rings. The minimum atomic E-state index is -4.59. The van der Waals surface area contributed by atoms with Crippen molar-refractivity contribution in [3.63, 3.8) is 0 Å². The molecule has 1 heterocycles. The number of aromatic nitrogens is 2. The van der Waals surface area contributed by atoms with Crippen LogP contribution in [0.5, 0.6) is 5.75 Å². The molecule has 47 heavy (non-hydrogen) atoms. The highest BCUT2D eigenvalue weighted by Gasteiger charge is 2.35. The van der Waals surface area contributed by atoms with Crippen LogP contribution in [0.25, 0.3) is 5.69 Å². The van der Waals surface area contributed by atoms with E-state index in [1.54, 1.807) is 17.0 Å². The van der Waals surface area contributed by atoms with Gasteiger partial charge >= 0.3 is 6.18 Å². The van der Waals surface area contributed by atoms with Crippen molar-refractivity contribution in [1.29, 1.82) is 0 Å². The largest absolute Gasteiger partial charge is 0.497 e. The van der Waals surface area contributed by atoms with Gasteiger partial charge < -0.3 is 19.9 Å². The Labute approximate surface area is 280 Å². The van der Waals surface area contributed by atoms with Crippen LogP contribution >= 0.6 is 0 Å². The molecule has 0 aliphatic heterocycles. The lowest BCUT2D eigenvalue weighted by Crippen LogP contribution is -2.39. The fourth-order valence-electron chi connectivity index (χ4n) is 4.30. The molecule has 0 saturated heterocycles. The van der Waals surface area contributed by atoms with Gasteiger partial charge in [0.1, 0.15) is 11.4 Å². The van der Waals surface area contributed by atoms with Crippen molar-refractivity contribution in [1.82, 2.24) is 24.9 Å². The van der Waals surface area contributed by atoms with E-state index in [9.17, 15) is 22.8 Å². The van der Waals surface area contributed by atoms with E-state index in [1.165, 1.54) is 38.5 Å². The molecule has 0 saturated carbocycles. The predicted molar refractivity (Wildman–Crippen MR) is 186 cm³/mol.